The molecule has 90 valence electrons. The first-order chi connectivity index (χ1) is 8.66. The van der Waals surface area contributed by atoms with Crippen LogP contribution in [0.1, 0.15) is 0 Å². The fourth-order valence-electron chi connectivity index (χ4n) is 1.66. The third-order valence-electron chi connectivity index (χ3n) is 2.50. The molecule has 0 saturated heterocycles. The zero-order valence-corrected chi connectivity index (χ0v) is 8.98. The molecule has 0 fully saturated rings. The minimum absolute atomic E-state index is 0.0879. The highest BCUT2D eigenvalue weighted by Gasteiger charge is 2.15. The Morgan fingerprint density at radius 2 is 1.89 bits per heavy atom. The summed E-state index contributed by atoms with van der Waals surface area (Å²) in [6.45, 7) is 0. The van der Waals surface area contributed by atoms with Crippen molar-refractivity contribution in [2.75, 3.05) is 5.73 Å². The largest absolute Gasteiger partial charge is 0.382 e. The van der Waals surface area contributed by atoms with Crippen LogP contribution in [0.15, 0.2) is 24.5 Å². The van der Waals surface area contributed by atoms with Gasteiger partial charge in [0.05, 0.1) is 5.52 Å². The Kier molecular flexibility index (Phi) is 2.19. The number of aromatic nitrogens is 4. The number of anilines is 1. The number of nitrogens with two attached hydrogens (primary N) is 1. The molecule has 0 atom stereocenters. The maximum atomic E-state index is 13.5. The highest BCUT2D eigenvalue weighted by atomic mass is 19.2. The summed E-state index contributed by atoms with van der Waals surface area (Å²) >= 11 is 0. The Bertz CT molecular complexity index is 737. The number of imidazole rings is 1. The number of hydrogen-bond donors (Lipinski definition) is 2. The number of hydrogen-bond acceptors (Lipinski definition) is 4. The number of fused-ring (bicyclic) bond motifs is 1. The quantitative estimate of drug-likeness (QED) is 0.688. The van der Waals surface area contributed by atoms with Crippen LogP contribution in [-0.2, 0) is 0 Å². The van der Waals surface area contributed by atoms with Crippen LogP contribution in [0.5, 0.6) is 0 Å². The summed E-state index contributed by atoms with van der Waals surface area (Å²) in [7, 11) is 0. The average Bonchev–Trinajstić information content (AvgIpc) is 2.79. The molecule has 5 nitrogen and oxygen atoms in total. The van der Waals surface area contributed by atoms with Crippen LogP contribution >= 0.6 is 0 Å². The number of H-pyrrole nitrogens is 1. The minimum atomic E-state index is -1.00. The topological polar surface area (TPSA) is 80.5 Å². The molecular weight excluding hydrogens is 240 g/mol. The van der Waals surface area contributed by atoms with Gasteiger partial charge in [-0.1, -0.05) is 0 Å². The molecule has 3 rings (SSSR count). The fraction of sp³-hybridized carbons (Fsp3) is 0. The molecule has 0 aliphatic heterocycles. The van der Waals surface area contributed by atoms with Gasteiger partial charge in [-0.15, -0.1) is 0 Å². The molecule has 0 saturated carbocycles. The van der Waals surface area contributed by atoms with E-state index >= 15 is 0 Å². The zero-order valence-electron chi connectivity index (χ0n) is 8.98. The number of benzene rings is 1. The minimum Gasteiger partial charge on any atom is -0.382 e. The molecule has 18 heavy (non-hydrogen) atoms. The van der Waals surface area contributed by atoms with Gasteiger partial charge in [-0.3, -0.25) is 0 Å². The lowest BCUT2D eigenvalue weighted by Gasteiger charge is -1.97. The predicted molar refractivity (Wildman–Crippen MR) is 61.4 cm³/mol. The molecule has 0 bridgehead atoms. The molecule has 7 heteroatoms. The van der Waals surface area contributed by atoms with E-state index in [-0.39, 0.29) is 17.2 Å². The van der Waals surface area contributed by atoms with Crippen LogP contribution in [0.4, 0.5) is 14.6 Å². The van der Waals surface area contributed by atoms with Crippen molar-refractivity contribution in [3.63, 3.8) is 0 Å². The first-order valence-electron chi connectivity index (χ1n) is 5.07. The normalized spacial score (nSPS) is 11.0. The van der Waals surface area contributed by atoms with Gasteiger partial charge in [-0.2, -0.15) is 0 Å². The van der Waals surface area contributed by atoms with Gasteiger partial charge in [0.15, 0.2) is 23.3 Å². The third kappa shape index (κ3) is 1.48. The molecule has 0 spiro atoms. The van der Waals surface area contributed by atoms with Crippen LogP contribution in [0, 0.1) is 11.6 Å². The van der Waals surface area contributed by atoms with Crippen molar-refractivity contribution in [2.24, 2.45) is 0 Å². The molecule has 2 aromatic heterocycles. The van der Waals surface area contributed by atoms with Crippen LogP contribution in [0.3, 0.4) is 0 Å². The van der Waals surface area contributed by atoms with Gasteiger partial charge >= 0.3 is 0 Å². The van der Waals surface area contributed by atoms with Crippen LogP contribution in [0.25, 0.3) is 22.6 Å². The van der Waals surface area contributed by atoms with E-state index in [1.165, 1.54) is 18.5 Å². The van der Waals surface area contributed by atoms with Crippen molar-refractivity contribution >= 4 is 16.9 Å². The van der Waals surface area contributed by atoms with Gasteiger partial charge in [0.1, 0.15) is 11.2 Å². The van der Waals surface area contributed by atoms with E-state index in [1.54, 1.807) is 0 Å². The second kappa shape index (κ2) is 3.73. The van der Waals surface area contributed by atoms with Crippen molar-refractivity contribution in [1.29, 1.82) is 0 Å². The molecule has 0 unspecified atom stereocenters. The Balaban J connectivity index is 2.26. The number of nitrogen functional groups attached to an aromatic ring is 1. The lowest BCUT2D eigenvalue weighted by atomic mass is 10.3. The zero-order chi connectivity index (χ0) is 12.7. The van der Waals surface area contributed by atoms with E-state index in [0.717, 1.165) is 6.07 Å². The summed E-state index contributed by atoms with van der Waals surface area (Å²) in [5.74, 6) is -1.54. The van der Waals surface area contributed by atoms with E-state index in [9.17, 15) is 8.78 Å². The standard InChI is InChI=1S/C11H7F2N5/c12-5-1-2-6-8(7(5)13)18-11(17-6)9-10(14)16-4-3-15-9/h1-4H,(H2,14,16)(H,17,18). The van der Waals surface area contributed by atoms with Crippen molar-refractivity contribution in [2.45, 2.75) is 0 Å². The van der Waals surface area contributed by atoms with Crippen molar-refractivity contribution in [1.82, 2.24) is 19.9 Å². The van der Waals surface area contributed by atoms with Crippen LogP contribution < -0.4 is 5.73 Å². The molecule has 2 heterocycles. The van der Waals surface area contributed by atoms with E-state index in [4.69, 9.17) is 5.73 Å². The van der Waals surface area contributed by atoms with Crippen molar-refractivity contribution in [3.05, 3.63) is 36.2 Å². The van der Waals surface area contributed by atoms with E-state index in [1.807, 2.05) is 0 Å². The summed E-state index contributed by atoms with van der Waals surface area (Å²) in [5, 5.41) is 0. The van der Waals surface area contributed by atoms with Crippen LogP contribution in [-0.4, -0.2) is 19.9 Å². The summed E-state index contributed by atoms with van der Waals surface area (Å²) < 4.78 is 26.6. The monoisotopic (exact) mass is 247 g/mol. The number of aromatic amines is 1. The van der Waals surface area contributed by atoms with E-state index in [0.29, 0.717) is 11.2 Å². The first-order valence-corrected chi connectivity index (χ1v) is 5.07. The highest BCUT2D eigenvalue weighted by Crippen LogP contribution is 2.24. The van der Waals surface area contributed by atoms with Gasteiger partial charge in [-0.05, 0) is 12.1 Å². The number of nitrogens with zero attached hydrogens (tertiary/aromatic N) is 3. The average molecular weight is 247 g/mol. The first kappa shape index (κ1) is 10.6. The summed E-state index contributed by atoms with van der Waals surface area (Å²) in [5.41, 5.74) is 6.22. The van der Waals surface area contributed by atoms with Gasteiger partial charge in [0.2, 0.25) is 0 Å². The fourth-order valence-corrected chi connectivity index (χ4v) is 1.66. The molecule has 0 radical (unpaired) electrons. The predicted octanol–water partition coefficient (Wildman–Crippen LogP) is 1.88. The lowest BCUT2D eigenvalue weighted by Crippen LogP contribution is -1.96. The molecule has 0 aliphatic carbocycles. The Labute approximate surface area is 99.7 Å². The van der Waals surface area contributed by atoms with Gasteiger partial charge in [0.25, 0.3) is 0 Å². The Morgan fingerprint density at radius 1 is 1.11 bits per heavy atom. The Morgan fingerprint density at radius 3 is 2.67 bits per heavy atom. The van der Waals surface area contributed by atoms with Crippen LogP contribution in [0.2, 0.25) is 0 Å². The third-order valence-corrected chi connectivity index (χ3v) is 2.50. The molecule has 0 aliphatic rings. The van der Waals surface area contributed by atoms with Gasteiger partial charge < -0.3 is 10.7 Å². The molecule has 3 N–H and O–H groups in total. The van der Waals surface area contributed by atoms with Crippen molar-refractivity contribution in [3.8, 4) is 11.5 Å². The second-order valence-electron chi connectivity index (χ2n) is 3.63. The SMILES string of the molecule is Nc1nccnc1-c1nc2c(F)c(F)ccc2[nH]1. The molecule has 0 amide bonds. The summed E-state index contributed by atoms with van der Waals surface area (Å²) in [6.07, 6.45) is 2.87. The highest BCUT2D eigenvalue weighted by molar-refractivity contribution is 5.80. The molecule has 3 aromatic rings. The van der Waals surface area contributed by atoms with E-state index in [2.05, 4.69) is 19.9 Å². The Hall–Kier alpha value is -2.57. The number of halogens is 2. The number of nitrogens with one attached hydrogen (secondary N) is 1. The lowest BCUT2D eigenvalue weighted by molar-refractivity contribution is 0.515. The van der Waals surface area contributed by atoms with Gasteiger partial charge in [0, 0.05) is 12.4 Å². The molecule has 1 aromatic carbocycles. The smallest absolute Gasteiger partial charge is 0.186 e. The van der Waals surface area contributed by atoms with E-state index < -0.39 is 11.6 Å². The second-order valence-corrected chi connectivity index (χ2v) is 3.63. The summed E-state index contributed by atoms with van der Waals surface area (Å²) in [4.78, 5) is 14.6. The molecular formula is C11H7F2N5. The maximum Gasteiger partial charge on any atom is 0.186 e. The van der Waals surface area contributed by atoms with Gasteiger partial charge in [-0.25, -0.2) is 23.7 Å². The maximum absolute atomic E-state index is 13.5. The summed E-state index contributed by atoms with van der Waals surface area (Å²) in [6, 6.07) is 2.43. The van der Waals surface area contributed by atoms with Crippen molar-refractivity contribution < 1.29 is 8.78 Å². The number of rotatable bonds is 1.